The maximum Gasteiger partial charge on any atom is 0.222 e. The normalized spacial score (nSPS) is 21.5. The lowest BCUT2D eigenvalue weighted by Crippen LogP contribution is -2.28. The van der Waals surface area contributed by atoms with Crippen LogP contribution in [0.2, 0.25) is 0 Å². The van der Waals surface area contributed by atoms with Crippen molar-refractivity contribution in [2.75, 3.05) is 27.2 Å². The third kappa shape index (κ3) is 3.27. The Morgan fingerprint density at radius 3 is 2.83 bits per heavy atom. The van der Waals surface area contributed by atoms with Crippen molar-refractivity contribution in [3.8, 4) is 0 Å². The Hall–Kier alpha value is -1.99. The Balaban J connectivity index is 1.72. The molecular weight excluding hydrogens is 306 g/mol. The summed E-state index contributed by atoms with van der Waals surface area (Å²) in [4.78, 5) is 20.2. The van der Waals surface area contributed by atoms with Gasteiger partial charge in [0.2, 0.25) is 5.91 Å². The van der Waals surface area contributed by atoms with E-state index in [2.05, 4.69) is 15.0 Å². The van der Waals surface area contributed by atoms with E-state index in [1.165, 1.54) is 0 Å². The van der Waals surface area contributed by atoms with E-state index in [4.69, 9.17) is 0 Å². The van der Waals surface area contributed by atoms with E-state index in [0.29, 0.717) is 26.1 Å². The number of aromatic nitrogens is 3. The highest BCUT2D eigenvalue weighted by Crippen LogP contribution is 2.24. The minimum Gasteiger partial charge on any atom is -0.391 e. The molecule has 0 aromatic carbocycles. The van der Waals surface area contributed by atoms with Crippen LogP contribution in [0.4, 0.5) is 0 Å². The van der Waals surface area contributed by atoms with Gasteiger partial charge in [-0.3, -0.25) is 9.69 Å². The lowest BCUT2D eigenvalue weighted by molar-refractivity contribution is -0.130. The zero-order chi connectivity index (χ0) is 17.4. The first-order valence-corrected chi connectivity index (χ1v) is 8.26. The molecule has 24 heavy (non-hydrogen) atoms. The Labute approximate surface area is 141 Å². The number of hydrogen-bond donors (Lipinski definition) is 1. The summed E-state index contributed by atoms with van der Waals surface area (Å²) in [5, 5.41) is 14.7. The number of fused-ring (bicyclic) bond motifs is 1. The molecule has 7 nitrogen and oxygen atoms in total. The van der Waals surface area contributed by atoms with Crippen LogP contribution in [-0.4, -0.2) is 68.7 Å². The van der Waals surface area contributed by atoms with Crippen molar-refractivity contribution < 1.29 is 9.90 Å². The third-order valence-electron chi connectivity index (χ3n) is 4.66. The summed E-state index contributed by atoms with van der Waals surface area (Å²) < 4.78 is 1.85. The van der Waals surface area contributed by atoms with Gasteiger partial charge >= 0.3 is 0 Å². The lowest BCUT2D eigenvalue weighted by atomic mass is 10.0. The van der Waals surface area contributed by atoms with Crippen molar-refractivity contribution in [3.05, 3.63) is 29.2 Å². The molecule has 1 fully saturated rings. The average Bonchev–Trinajstić information content (AvgIpc) is 3.04. The highest BCUT2D eigenvalue weighted by Gasteiger charge is 2.33. The largest absolute Gasteiger partial charge is 0.391 e. The van der Waals surface area contributed by atoms with E-state index in [1.807, 2.05) is 30.6 Å². The molecule has 2 atom stereocenters. The van der Waals surface area contributed by atoms with Gasteiger partial charge in [-0.2, -0.15) is 5.10 Å². The van der Waals surface area contributed by atoms with Crippen LogP contribution < -0.4 is 0 Å². The third-order valence-corrected chi connectivity index (χ3v) is 4.66. The minimum absolute atomic E-state index is 0.0156. The van der Waals surface area contributed by atoms with E-state index in [9.17, 15) is 9.90 Å². The number of nitrogens with zero attached hydrogens (tertiary/aromatic N) is 5. The van der Waals surface area contributed by atoms with E-state index in [-0.39, 0.29) is 11.8 Å². The van der Waals surface area contributed by atoms with Gasteiger partial charge < -0.3 is 10.0 Å². The summed E-state index contributed by atoms with van der Waals surface area (Å²) in [6.45, 7) is 5.97. The number of aliphatic hydroxyl groups is 1. The van der Waals surface area contributed by atoms with Crippen LogP contribution in [-0.2, 0) is 11.3 Å². The zero-order valence-corrected chi connectivity index (χ0v) is 14.7. The highest BCUT2D eigenvalue weighted by molar-refractivity contribution is 5.75. The molecule has 0 bridgehead atoms. The summed E-state index contributed by atoms with van der Waals surface area (Å²) in [6.07, 6.45) is 1.77. The van der Waals surface area contributed by atoms with Gasteiger partial charge in [0, 0.05) is 63.0 Å². The fourth-order valence-electron chi connectivity index (χ4n) is 3.35. The number of aryl methyl sites for hydroxylation is 2. The van der Waals surface area contributed by atoms with Crippen molar-refractivity contribution in [2.45, 2.75) is 32.9 Å². The Bertz CT molecular complexity index is 755. The maximum absolute atomic E-state index is 11.9. The Kier molecular flexibility index (Phi) is 4.56. The smallest absolute Gasteiger partial charge is 0.222 e. The number of likely N-dealkylation sites (tertiary alicyclic amines) is 1. The molecule has 1 amide bonds. The average molecular weight is 331 g/mol. The van der Waals surface area contributed by atoms with Crippen molar-refractivity contribution in [2.24, 2.45) is 5.92 Å². The Morgan fingerprint density at radius 2 is 2.12 bits per heavy atom. The highest BCUT2D eigenvalue weighted by atomic mass is 16.3. The minimum atomic E-state index is -0.466. The maximum atomic E-state index is 11.9. The van der Waals surface area contributed by atoms with E-state index < -0.39 is 6.10 Å². The van der Waals surface area contributed by atoms with E-state index in [0.717, 1.165) is 22.6 Å². The molecule has 1 saturated heterocycles. The fourth-order valence-corrected chi connectivity index (χ4v) is 3.35. The number of hydrogen-bond acceptors (Lipinski definition) is 5. The second-order valence-corrected chi connectivity index (χ2v) is 6.96. The molecule has 2 aromatic heterocycles. The van der Waals surface area contributed by atoms with Gasteiger partial charge in [0.1, 0.15) is 0 Å². The number of rotatable bonds is 4. The molecule has 3 heterocycles. The van der Waals surface area contributed by atoms with Crippen molar-refractivity contribution in [1.82, 2.24) is 24.4 Å². The number of aliphatic hydroxyl groups excluding tert-OH is 1. The molecule has 1 N–H and O–H groups in total. The first kappa shape index (κ1) is 16.9. The number of carbonyl (C=O) groups excluding carboxylic acids is 1. The summed E-state index contributed by atoms with van der Waals surface area (Å²) in [5.41, 5.74) is 3.95. The summed E-state index contributed by atoms with van der Waals surface area (Å²) in [5.74, 6) is 0.0444. The molecular formula is C17H25N5O2. The van der Waals surface area contributed by atoms with Gasteiger partial charge in [0.25, 0.3) is 0 Å². The van der Waals surface area contributed by atoms with Crippen LogP contribution in [0.1, 0.15) is 23.4 Å². The summed E-state index contributed by atoms with van der Waals surface area (Å²) >= 11 is 0. The van der Waals surface area contributed by atoms with E-state index >= 15 is 0 Å². The van der Waals surface area contributed by atoms with Crippen molar-refractivity contribution in [1.29, 1.82) is 0 Å². The Morgan fingerprint density at radius 1 is 1.38 bits per heavy atom. The predicted molar refractivity (Wildman–Crippen MR) is 90.5 cm³/mol. The van der Waals surface area contributed by atoms with Crippen LogP contribution in [0.25, 0.3) is 5.65 Å². The van der Waals surface area contributed by atoms with Crippen LogP contribution >= 0.6 is 0 Å². The molecule has 0 saturated carbocycles. The van der Waals surface area contributed by atoms with Gasteiger partial charge in [0.15, 0.2) is 5.65 Å². The quantitative estimate of drug-likeness (QED) is 0.889. The standard InChI is InChI=1S/C17H25N5O2/c1-11-5-12(2)22-17(19-11)14(7-18-22)9-21-8-13(15(23)10-21)6-16(24)20(3)4/h5,7,13,15,23H,6,8-10H2,1-4H3/t13-,15-/m0/s1. The molecule has 1 aliphatic rings. The van der Waals surface area contributed by atoms with Gasteiger partial charge in [-0.05, 0) is 19.9 Å². The van der Waals surface area contributed by atoms with Crippen LogP contribution in [0.3, 0.4) is 0 Å². The molecule has 2 aromatic rings. The number of β-amino-alcohol motifs (C(OH)–C–C–N with tert-alkyl or cyclic N) is 1. The molecule has 0 aliphatic carbocycles. The molecule has 7 heteroatoms. The van der Waals surface area contributed by atoms with Crippen LogP contribution in [0.15, 0.2) is 12.3 Å². The fraction of sp³-hybridized carbons (Fsp3) is 0.588. The summed E-state index contributed by atoms with van der Waals surface area (Å²) in [7, 11) is 3.49. The molecule has 0 radical (unpaired) electrons. The lowest BCUT2D eigenvalue weighted by Gasteiger charge is -2.17. The van der Waals surface area contributed by atoms with Gasteiger partial charge in [-0.25, -0.2) is 9.50 Å². The second kappa shape index (κ2) is 6.49. The molecule has 0 unspecified atom stereocenters. The van der Waals surface area contributed by atoms with Crippen molar-refractivity contribution in [3.63, 3.8) is 0 Å². The monoisotopic (exact) mass is 331 g/mol. The summed E-state index contributed by atoms with van der Waals surface area (Å²) in [6, 6.07) is 2.01. The predicted octanol–water partition coefficient (Wildman–Crippen LogP) is 0.617. The molecule has 0 spiro atoms. The zero-order valence-electron chi connectivity index (χ0n) is 14.7. The van der Waals surface area contributed by atoms with Gasteiger partial charge in [-0.15, -0.1) is 0 Å². The molecule has 3 rings (SSSR count). The van der Waals surface area contributed by atoms with Gasteiger partial charge in [-0.1, -0.05) is 0 Å². The molecule has 1 aliphatic heterocycles. The topological polar surface area (TPSA) is 74.0 Å². The van der Waals surface area contributed by atoms with E-state index in [1.54, 1.807) is 19.0 Å². The van der Waals surface area contributed by atoms with Crippen LogP contribution in [0, 0.1) is 19.8 Å². The first-order valence-electron chi connectivity index (χ1n) is 8.26. The SMILES string of the molecule is Cc1cc(C)n2ncc(CN3C[C@H](CC(=O)N(C)C)[C@@H](O)C3)c2n1. The number of amides is 1. The van der Waals surface area contributed by atoms with Gasteiger partial charge in [0.05, 0.1) is 12.3 Å². The first-order chi connectivity index (χ1) is 11.3. The number of carbonyl (C=O) groups is 1. The van der Waals surface area contributed by atoms with Crippen LogP contribution in [0.5, 0.6) is 0 Å². The van der Waals surface area contributed by atoms with Crippen molar-refractivity contribution >= 4 is 11.6 Å². The molecule has 130 valence electrons. The second-order valence-electron chi connectivity index (χ2n) is 6.96.